The number of carboxylic acids is 1. The number of nitrogens with one attached hydrogen (secondary N) is 1. The average Bonchev–Trinajstić information content (AvgIpc) is 3.22. The predicted molar refractivity (Wildman–Crippen MR) is 244 cm³/mol. The van der Waals surface area contributed by atoms with Crippen molar-refractivity contribution >= 4 is 25.7 Å². The van der Waals surface area contributed by atoms with E-state index in [2.05, 4.69) is 104 Å². The molecular weight excluding hydrogens is 781 g/mol. The lowest BCUT2D eigenvalue weighted by molar-refractivity contribution is -0.147. The Morgan fingerprint density at radius 2 is 0.967 bits per heavy atom. The second-order valence-corrected chi connectivity index (χ2v) is 16.3. The lowest BCUT2D eigenvalue weighted by atomic mass is 10.1. The van der Waals surface area contributed by atoms with Crippen molar-refractivity contribution in [1.29, 1.82) is 0 Å². The maximum absolute atomic E-state index is 12.3. The molecule has 0 aromatic heterocycles. The Morgan fingerprint density at radius 3 is 1.45 bits per heavy atom. The summed E-state index contributed by atoms with van der Waals surface area (Å²) in [6.07, 6.45) is 51.7. The number of carbonyl (C=O) groups is 3. The molecule has 0 saturated heterocycles. The number of aliphatic carboxylic acids is 1. The zero-order valence-corrected chi connectivity index (χ0v) is 37.9. The SMILES string of the molecule is CC/C=C\C/C=C\C/C=C\CCCCCCCC(=O)NC(COP(=O)(O)OCC(O)COC(=O)CCCCCCC/C=C\C/C=C\C/C=C\C/C=C\CCCCC)C(=O)O. The van der Waals surface area contributed by atoms with E-state index in [4.69, 9.17) is 13.8 Å². The number of aliphatic hydroxyl groups excluding tert-OH is 1. The fourth-order valence-corrected chi connectivity index (χ4v) is 6.44. The van der Waals surface area contributed by atoms with Gasteiger partial charge in [-0.15, -0.1) is 0 Å². The van der Waals surface area contributed by atoms with Crippen LogP contribution in [0.2, 0.25) is 0 Å². The van der Waals surface area contributed by atoms with E-state index in [1.165, 1.54) is 25.7 Å². The average molecular weight is 862 g/mol. The van der Waals surface area contributed by atoms with Crippen molar-refractivity contribution in [2.45, 2.75) is 180 Å². The molecule has 0 fully saturated rings. The van der Waals surface area contributed by atoms with Crippen molar-refractivity contribution in [2.24, 2.45) is 0 Å². The highest BCUT2D eigenvalue weighted by molar-refractivity contribution is 7.47. The van der Waals surface area contributed by atoms with Gasteiger partial charge < -0.3 is 25.2 Å². The normalized spacial score (nSPS) is 14.5. The topological polar surface area (TPSA) is 169 Å². The van der Waals surface area contributed by atoms with Crippen molar-refractivity contribution in [1.82, 2.24) is 5.32 Å². The molecule has 0 rings (SSSR count). The summed E-state index contributed by atoms with van der Waals surface area (Å²) in [5.74, 6) is -2.43. The quantitative estimate of drug-likeness (QED) is 0.0201. The maximum Gasteiger partial charge on any atom is 0.472 e. The van der Waals surface area contributed by atoms with Crippen molar-refractivity contribution < 1.29 is 47.8 Å². The third-order valence-corrected chi connectivity index (χ3v) is 10.1. The summed E-state index contributed by atoms with van der Waals surface area (Å²) in [5.41, 5.74) is 0. The Bertz CT molecular complexity index is 1340. The number of esters is 1. The lowest BCUT2D eigenvalue weighted by Crippen LogP contribution is -2.43. The molecule has 0 radical (unpaired) electrons. The molecule has 11 nitrogen and oxygen atoms in total. The molecule has 12 heteroatoms. The molecule has 0 heterocycles. The summed E-state index contributed by atoms with van der Waals surface area (Å²) in [7, 11) is -4.77. The fourth-order valence-electron chi connectivity index (χ4n) is 5.66. The third kappa shape index (κ3) is 41.4. The fraction of sp³-hybridized carbons (Fsp3) is 0.646. The minimum absolute atomic E-state index is 0.120. The molecule has 0 aromatic rings. The first-order chi connectivity index (χ1) is 29.1. The molecule has 0 aromatic carbocycles. The summed E-state index contributed by atoms with van der Waals surface area (Å²) >= 11 is 0. The molecule has 60 heavy (non-hydrogen) atoms. The monoisotopic (exact) mass is 862 g/mol. The van der Waals surface area contributed by atoms with E-state index in [1.54, 1.807) is 0 Å². The molecule has 0 aliphatic rings. The van der Waals surface area contributed by atoms with Gasteiger partial charge in [0.25, 0.3) is 0 Å². The van der Waals surface area contributed by atoms with Crippen LogP contribution in [-0.4, -0.2) is 64.9 Å². The van der Waals surface area contributed by atoms with E-state index < -0.39 is 57.6 Å². The molecule has 1 amide bonds. The molecule has 0 saturated carbocycles. The maximum atomic E-state index is 12.3. The van der Waals surface area contributed by atoms with Crippen LogP contribution in [-0.2, 0) is 32.7 Å². The number of carbonyl (C=O) groups excluding carboxylic acids is 2. The summed E-state index contributed by atoms with van der Waals surface area (Å²) in [4.78, 5) is 45.9. The Hall–Kier alpha value is -3.34. The van der Waals surface area contributed by atoms with E-state index in [0.717, 1.165) is 103 Å². The number of hydrogen-bond donors (Lipinski definition) is 4. The number of carboxylic acid groups (broad SMARTS) is 1. The zero-order chi connectivity index (χ0) is 44.2. The zero-order valence-electron chi connectivity index (χ0n) is 37.0. The van der Waals surface area contributed by atoms with Crippen LogP contribution in [0, 0.1) is 0 Å². The summed E-state index contributed by atoms with van der Waals surface area (Å²) in [6.45, 7) is 2.41. The molecule has 3 atom stereocenters. The van der Waals surface area contributed by atoms with Gasteiger partial charge >= 0.3 is 19.8 Å². The Labute approximate surface area is 362 Å². The second-order valence-electron chi connectivity index (χ2n) is 14.9. The lowest BCUT2D eigenvalue weighted by Gasteiger charge is -2.18. The first kappa shape index (κ1) is 56.7. The largest absolute Gasteiger partial charge is 0.480 e. The van der Waals surface area contributed by atoms with Gasteiger partial charge in [-0.1, -0.05) is 150 Å². The summed E-state index contributed by atoms with van der Waals surface area (Å²) in [5, 5.41) is 21.8. The number of phosphoric acid groups is 1. The van der Waals surface area contributed by atoms with Crippen LogP contribution in [0.1, 0.15) is 168 Å². The van der Waals surface area contributed by atoms with Crippen LogP contribution in [0.3, 0.4) is 0 Å². The van der Waals surface area contributed by atoms with Crippen LogP contribution in [0.4, 0.5) is 0 Å². The summed E-state index contributed by atoms with van der Waals surface area (Å²) < 4.78 is 26.8. The number of phosphoric ester groups is 1. The van der Waals surface area contributed by atoms with Crippen molar-refractivity contribution in [3.8, 4) is 0 Å². The standard InChI is InChI=1S/C48H80NO10P/c1-3-5-7-9-11-13-15-17-19-20-21-22-23-24-26-28-30-32-34-36-38-40-47(52)57-41-44(50)42-58-60(55,56)59-43-45(48(53)54)49-46(51)39-37-35-33-31-29-27-25-18-16-14-12-10-8-6-4-2/h6,8,11-14,17-19,21-22,24-26,44-45,50H,3-5,7,9-10,15-16,20,23,27-43H2,1-2H3,(H,49,51)(H,53,54)(H,55,56)/b8-6-,13-11-,14-12-,19-17-,22-21-,25-18-,26-24-. The van der Waals surface area contributed by atoms with E-state index >= 15 is 0 Å². The molecule has 342 valence electrons. The number of ether oxygens (including phenoxy) is 1. The number of aliphatic hydroxyl groups is 1. The van der Waals surface area contributed by atoms with E-state index in [9.17, 15) is 34.1 Å². The number of rotatable bonds is 41. The molecule has 0 spiro atoms. The molecule has 3 unspecified atom stereocenters. The second kappa shape index (κ2) is 42.4. The highest BCUT2D eigenvalue weighted by Gasteiger charge is 2.28. The van der Waals surface area contributed by atoms with Gasteiger partial charge in [0.15, 0.2) is 6.04 Å². The Kier molecular flexibility index (Phi) is 40.0. The summed E-state index contributed by atoms with van der Waals surface area (Å²) in [6, 6.07) is -1.56. The highest BCUT2D eigenvalue weighted by atomic mass is 31.2. The van der Waals surface area contributed by atoms with Crippen molar-refractivity contribution in [3.05, 3.63) is 85.1 Å². The highest BCUT2D eigenvalue weighted by Crippen LogP contribution is 2.43. The van der Waals surface area contributed by atoms with Gasteiger partial charge in [-0.3, -0.25) is 18.6 Å². The van der Waals surface area contributed by atoms with E-state index in [1.807, 2.05) is 0 Å². The van der Waals surface area contributed by atoms with Gasteiger partial charge in [-0.2, -0.15) is 0 Å². The molecule has 0 bridgehead atoms. The first-order valence-electron chi connectivity index (χ1n) is 22.6. The number of hydrogen-bond acceptors (Lipinski definition) is 8. The van der Waals surface area contributed by atoms with Crippen LogP contribution >= 0.6 is 7.82 Å². The van der Waals surface area contributed by atoms with Crippen LogP contribution < -0.4 is 5.32 Å². The van der Waals surface area contributed by atoms with Crippen molar-refractivity contribution in [3.63, 3.8) is 0 Å². The van der Waals surface area contributed by atoms with Gasteiger partial charge in [-0.25, -0.2) is 9.36 Å². The van der Waals surface area contributed by atoms with Crippen molar-refractivity contribution in [2.75, 3.05) is 19.8 Å². The Morgan fingerprint density at radius 1 is 0.550 bits per heavy atom. The molecular formula is C48H80NO10P. The van der Waals surface area contributed by atoms with Gasteiger partial charge in [0.1, 0.15) is 12.7 Å². The number of allylic oxidation sites excluding steroid dienone is 14. The van der Waals surface area contributed by atoms with Gasteiger partial charge in [0.2, 0.25) is 5.91 Å². The minimum atomic E-state index is -4.77. The van der Waals surface area contributed by atoms with Crippen LogP contribution in [0.25, 0.3) is 0 Å². The molecule has 4 N–H and O–H groups in total. The van der Waals surface area contributed by atoms with E-state index in [-0.39, 0.29) is 12.8 Å². The number of amides is 1. The first-order valence-corrected chi connectivity index (χ1v) is 24.1. The van der Waals surface area contributed by atoms with Crippen LogP contribution in [0.15, 0.2) is 85.1 Å². The third-order valence-electron chi connectivity index (χ3n) is 9.17. The van der Waals surface area contributed by atoms with Gasteiger partial charge in [-0.05, 0) is 89.9 Å². The van der Waals surface area contributed by atoms with E-state index in [0.29, 0.717) is 12.8 Å². The molecule has 0 aliphatic heterocycles. The van der Waals surface area contributed by atoms with Gasteiger partial charge in [0, 0.05) is 12.8 Å². The minimum Gasteiger partial charge on any atom is -0.480 e. The molecule has 0 aliphatic carbocycles. The smallest absolute Gasteiger partial charge is 0.472 e. The predicted octanol–water partition coefficient (Wildman–Crippen LogP) is 11.9. The number of unbranched alkanes of at least 4 members (excludes halogenated alkanes) is 13. The van der Waals surface area contributed by atoms with Gasteiger partial charge in [0.05, 0.1) is 13.2 Å². The Balaban J connectivity index is 3.95. The van der Waals surface area contributed by atoms with Crippen LogP contribution in [0.5, 0.6) is 0 Å².